The van der Waals surface area contributed by atoms with Gasteiger partial charge in [0.05, 0.1) is 0 Å². The first-order chi connectivity index (χ1) is 7.16. The average molecular weight is 228 g/mol. The van der Waals surface area contributed by atoms with E-state index in [0.717, 1.165) is 0 Å². The molecule has 0 unspecified atom stereocenters. The van der Waals surface area contributed by atoms with Crippen molar-refractivity contribution in [3.63, 3.8) is 0 Å². The maximum absolute atomic E-state index is 13.3. The number of nitrogen functional groups attached to an aromatic ring is 1. The van der Waals surface area contributed by atoms with Gasteiger partial charge in [0.1, 0.15) is 5.82 Å². The number of hydrogen-bond donors (Lipinski definition) is 1. The Bertz CT molecular complexity index is 466. The summed E-state index contributed by atoms with van der Waals surface area (Å²) in [6, 6.07) is 4.41. The van der Waals surface area contributed by atoms with Crippen molar-refractivity contribution < 1.29 is 8.91 Å². The van der Waals surface area contributed by atoms with E-state index in [1.165, 1.54) is 12.1 Å². The van der Waals surface area contributed by atoms with Gasteiger partial charge in [-0.05, 0) is 12.1 Å². The molecule has 0 saturated carbocycles. The van der Waals surface area contributed by atoms with Crippen molar-refractivity contribution in [1.29, 1.82) is 0 Å². The molecule has 0 aliphatic heterocycles. The van der Waals surface area contributed by atoms with Gasteiger partial charge in [-0.3, -0.25) is 0 Å². The molecule has 4 nitrogen and oxygen atoms in total. The minimum absolute atomic E-state index is 0.0440. The lowest BCUT2D eigenvalue weighted by atomic mass is 10.1. The van der Waals surface area contributed by atoms with Gasteiger partial charge in [-0.25, -0.2) is 4.39 Å². The van der Waals surface area contributed by atoms with Crippen molar-refractivity contribution in [2.75, 3.05) is 5.73 Å². The highest BCUT2D eigenvalue weighted by Gasteiger charge is 2.11. The van der Waals surface area contributed by atoms with Gasteiger partial charge in [0.25, 0.3) is 0 Å². The maximum atomic E-state index is 13.3. The van der Waals surface area contributed by atoms with E-state index in [0.29, 0.717) is 16.4 Å². The van der Waals surface area contributed by atoms with Crippen LogP contribution in [-0.4, -0.2) is 10.1 Å². The summed E-state index contributed by atoms with van der Waals surface area (Å²) in [6.07, 6.45) is 0.159. The zero-order valence-corrected chi connectivity index (χ0v) is 8.33. The van der Waals surface area contributed by atoms with Crippen LogP contribution in [0.2, 0.25) is 5.02 Å². The smallest absolute Gasteiger partial charge is 0.318 e. The summed E-state index contributed by atoms with van der Waals surface area (Å²) in [5.74, 6) is -0.0922. The van der Waals surface area contributed by atoms with Crippen LogP contribution in [0.15, 0.2) is 22.7 Å². The Hall–Kier alpha value is -1.62. The molecule has 15 heavy (non-hydrogen) atoms. The standard InChI is InChI=1S/C9H7ClFN3O/c10-6-2-1-3-7(11)5(6)4-8-13-9(12)15-14-8/h1-3H,4H2,(H2,12,13,14). The van der Waals surface area contributed by atoms with Gasteiger partial charge in [0.15, 0.2) is 5.82 Å². The number of benzene rings is 1. The molecule has 1 aromatic carbocycles. The van der Waals surface area contributed by atoms with Crippen LogP contribution in [0.25, 0.3) is 0 Å². The van der Waals surface area contributed by atoms with Crippen LogP contribution < -0.4 is 5.73 Å². The lowest BCUT2D eigenvalue weighted by molar-refractivity contribution is 0.428. The van der Waals surface area contributed by atoms with Crippen LogP contribution in [0.1, 0.15) is 11.4 Å². The van der Waals surface area contributed by atoms with Crippen molar-refractivity contribution in [2.45, 2.75) is 6.42 Å². The van der Waals surface area contributed by atoms with E-state index in [2.05, 4.69) is 14.7 Å². The van der Waals surface area contributed by atoms with Crippen molar-refractivity contribution in [3.8, 4) is 0 Å². The predicted molar refractivity (Wildman–Crippen MR) is 52.9 cm³/mol. The van der Waals surface area contributed by atoms with Crippen LogP contribution in [0.5, 0.6) is 0 Å². The lowest BCUT2D eigenvalue weighted by Crippen LogP contribution is -1.96. The molecule has 0 saturated heterocycles. The quantitative estimate of drug-likeness (QED) is 0.853. The van der Waals surface area contributed by atoms with Crippen molar-refractivity contribution in [2.24, 2.45) is 0 Å². The second kappa shape index (κ2) is 3.86. The molecule has 2 rings (SSSR count). The number of nitrogens with zero attached hydrogens (tertiary/aromatic N) is 2. The van der Waals surface area contributed by atoms with Gasteiger partial charge in [0.2, 0.25) is 0 Å². The average Bonchev–Trinajstić information content (AvgIpc) is 2.58. The van der Waals surface area contributed by atoms with Gasteiger partial charge < -0.3 is 10.3 Å². The van der Waals surface area contributed by atoms with E-state index >= 15 is 0 Å². The molecule has 0 atom stereocenters. The summed E-state index contributed by atoms with van der Waals surface area (Å²) in [4.78, 5) is 3.76. The summed E-state index contributed by atoms with van der Waals surface area (Å²) in [5, 5.41) is 3.89. The first-order valence-corrected chi connectivity index (χ1v) is 4.55. The number of rotatable bonds is 2. The minimum Gasteiger partial charge on any atom is -0.351 e. The highest BCUT2D eigenvalue weighted by Crippen LogP contribution is 2.21. The first kappa shape index (κ1) is 9.92. The van der Waals surface area contributed by atoms with Crippen LogP contribution in [0.4, 0.5) is 10.4 Å². The summed E-state index contributed by atoms with van der Waals surface area (Å²) < 4.78 is 17.9. The van der Waals surface area contributed by atoms with Crippen LogP contribution in [0, 0.1) is 5.82 Å². The number of halogens is 2. The van der Waals surface area contributed by atoms with E-state index in [9.17, 15) is 4.39 Å². The van der Waals surface area contributed by atoms with Crippen molar-refractivity contribution in [3.05, 3.63) is 40.4 Å². The summed E-state index contributed by atoms with van der Waals surface area (Å²) >= 11 is 5.83. The third kappa shape index (κ3) is 2.07. The van der Waals surface area contributed by atoms with Gasteiger partial charge in [-0.15, -0.1) is 0 Å². The van der Waals surface area contributed by atoms with E-state index in [4.69, 9.17) is 17.3 Å². The summed E-state index contributed by atoms with van der Waals surface area (Å²) in [6.45, 7) is 0. The fourth-order valence-electron chi connectivity index (χ4n) is 1.20. The second-order valence-corrected chi connectivity index (χ2v) is 3.33. The van der Waals surface area contributed by atoms with Gasteiger partial charge in [-0.1, -0.05) is 22.8 Å². The summed E-state index contributed by atoms with van der Waals surface area (Å²) in [7, 11) is 0. The van der Waals surface area contributed by atoms with Crippen LogP contribution in [-0.2, 0) is 6.42 Å². The highest BCUT2D eigenvalue weighted by molar-refractivity contribution is 6.31. The normalized spacial score (nSPS) is 10.5. The highest BCUT2D eigenvalue weighted by atomic mass is 35.5. The first-order valence-electron chi connectivity index (χ1n) is 4.18. The third-order valence-electron chi connectivity index (χ3n) is 1.88. The zero-order chi connectivity index (χ0) is 10.8. The Labute approximate surface area is 89.8 Å². The van der Waals surface area contributed by atoms with E-state index < -0.39 is 5.82 Å². The van der Waals surface area contributed by atoms with Crippen molar-refractivity contribution in [1.82, 2.24) is 10.1 Å². The van der Waals surface area contributed by atoms with E-state index in [-0.39, 0.29) is 12.4 Å². The molecular formula is C9H7ClFN3O. The zero-order valence-electron chi connectivity index (χ0n) is 7.58. The second-order valence-electron chi connectivity index (χ2n) is 2.93. The molecule has 0 spiro atoms. The molecule has 0 aliphatic carbocycles. The molecule has 2 N–H and O–H groups in total. The Kier molecular flexibility index (Phi) is 2.55. The molecule has 0 radical (unpaired) electrons. The SMILES string of the molecule is Nc1nc(Cc2c(F)cccc2Cl)no1. The maximum Gasteiger partial charge on any atom is 0.318 e. The van der Waals surface area contributed by atoms with Crippen molar-refractivity contribution >= 4 is 17.6 Å². The molecule has 6 heteroatoms. The number of aromatic nitrogens is 2. The molecule has 1 heterocycles. The minimum atomic E-state index is -0.397. The largest absolute Gasteiger partial charge is 0.351 e. The fraction of sp³-hybridized carbons (Fsp3) is 0.111. The predicted octanol–water partition coefficient (Wildman–Crippen LogP) is 2.04. The van der Waals surface area contributed by atoms with Gasteiger partial charge in [-0.2, -0.15) is 4.98 Å². The lowest BCUT2D eigenvalue weighted by Gasteiger charge is -2.01. The molecular weight excluding hydrogens is 221 g/mol. The molecule has 0 fully saturated rings. The molecule has 0 amide bonds. The Morgan fingerprint density at radius 3 is 2.87 bits per heavy atom. The Balaban J connectivity index is 2.31. The molecule has 0 bridgehead atoms. The number of nitrogens with two attached hydrogens (primary N) is 1. The Morgan fingerprint density at radius 2 is 2.27 bits per heavy atom. The van der Waals surface area contributed by atoms with Gasteiger partial charge in [0, 0.05) is 17.0 Å². The monoisotopic (exact) mass is 227 g/mol. The molecule has 0 aliphatic rings. The van der Waals surface area contributed by atoms with E-state index in [1.54, 1.807) is 6.07 Å². The van der Waals surface area contributed by atoms with Crippen LogP contribution >= 0.6 is 11.6 Å². The van der Waals surface area contributed by atoms with Crippen LogP contribution in [0.3, 0.4) is 0 Å². The van der Waals surface area contributed by atoms with Gasteiger partial charge >= 0.3 is 6.01 Å². The fourth-order valence-corrected chi connectivity index (χ4v) is 1.43. The number of hydrogen-bond acceptors (Lipinski definition) is 4. The van der Waals surface area contributed by atoms with E-state index in [1.807, 2.05) is 0 Å². The molecule has 1 aromatic heterocycles. The number of anilines is 1. The molecule has 2 aromatic rings. The summed E-state index contributed by atoms with van der Waals surface area (Å²) in [5.41, 5.74) is 5.57. The third-order valence-corrected chi connectivity index (χ3v) is 2.23. The topological polar surface area (TPSA) is 64.9 Å². The Morgan fingerprint density at radius 1 is 1.47 bits per heavy atom. The molecule has 78 valence electrons.